The summed E-state index contributed by atoms with van der Waals surface area (Å²) in [5.41, 5.74) is 3.12. The number of nitrogens with zero attached hydrogens (tertiary/aromatic N) is 1. The summed E-state index contributed by atoms with van der Waals surface area (Å²) < 4.78 is 1.51. The summed E-state index contributed by atoms with van der Waals surface area (Å²) in [7, 11) is 0. The van der Waals surface area contributed by atoms with E-state index in [2.05, 4.69) is 0 Å². The standard InChI is InChI=1S/C16H17NO3/c1-10-6-4-5-7-13(10)9-17-12(3)15(16(19)20)11(2)8-14(17)18/h4-8H,9H2,1-3H3,(H,19,20). The number of aromatic nitrogens is 1. The van der Waals surface area contributed by atoms with Crippen molar-refractivity contribution in [3.05, 3.63) is 68.6 Å². The number of carboxylic acid groups (broad SMARTS) is 1. The second-order valence-corrected chi connectivity index (χ2v) is 4.94. The summed E-state index contributed by atoms with van der Waals surface area (Å²) in [6, 6.07) is 9.15. The van der Waals surface area contributed by atoms with Crippen LogP contribution in [0, 0.1) is 20.8 Å². The van der Waals surface area contributed by atoms with Gasteiger partial charge in [0.1, 0.15) is 0 Å². The van der Waals surface area contributed by atoms with Crippen molar-refractivity contribution in [2.75, 3.05) is 0 Å². The van der Waals surface area contributed by atoms with Crippen molar-refractivity contribution < 1.29 is 9.90 Å². The van der Waals surface area contributed by atoms with Crippen LogP contribution in [0.4, 0.5) is 0 Å². The number of aromatic carboxylic acids is 1. The molecule has 4 nitrogen and oxygen atoms in total. The second kappa shape index (κ2) is 5.33. The molecular formula is C16H17NO3. The topological polar surface area (TPSA) is 59.3 Å². The SMILES string of the molecule is Cc1ccccc1Cn1c(C)c(C(=O)O)c(C)cc1=O. The van der Waals surface area contributed by atoms with Gasteiger partial charge in [-0.05, 0) is 37.5 Å². The highest BCUT2D eigenvalue weighted by Crippen LogP contribution is 2.14. The first kappa shape index (κ1) is 14.1. The Morgan fingerprint density at radius 1 is 1.15 bits per heavy atom. The van der Waals surface area contributed by atoms with Gasteiger partial charge in [-0.25, -0.2) is 4.79 Å². The monoisotopic (exact) mass is 271 g/mol. The van der Waals surface area contributed by atoms with Crippen molar-refractivity contribution in [3.63, 3.8) is 0 Å². The highest BCUT2D eigenvalue weighted by atomic mass is 16.4. The van der Waals surface area contributed by atoms with Gasteiger partial charge >= 0.3 is 5.97 Å². The minimum atomic E-state index is -1.00. The van der Waals surface area contributed by atoms with E-state index in [1.165, 1.54) is 10.6 Å². The number of hydrogen-bond donors (Lipinski definition) is 1. The number of carboxylic acids is 1. The summed E-state index contributed by atoms with van der Waals surface area (Å²) in [4.78, 5) is 23.4. The van der Waals surface area contributed by atoms with E-state index in [0.717, 1.165) is 11.1 Å². The Kier molecular flexibility index (Phi) is 3.74. The number of benzene rings is 1. The van der Waals surface area contributed by atoms with Crippen molar-refractivity contribution >= 4 is 5.97 Å². The predicted molar refractivity (Wildman–Crippen MR) is 77.4 cm³/mol. The zero-order valence-corrected chi connectivity index (χ0v) is 11.8. The Morgan fingerprint density at radius 3 is 2.40 bits per heavy atom. The van der Waals surface area contributed by atoms with Crippen LogP contribution >= 0.6 is 0 Å². The first-order valence-corrected chi connectivity index (χ1v) is 6.40. The molecule has 0 radical (unpaired) electrons. The van der Waals surface area contributed by atoms with Crippen LogP contribution in [0.1, 0.15) is 32.7 Å². The number of rotatable bonds is 3. The molecule has 0 spiro atoms. The van der Waals surface area contributed by atoms with Crippen molar-refractivity contribution in [1.82, 2.24) is 4.57 Å². The Bertz CT molecular complexity index is 729. The molecule has 0 aliphatic rings. The first-order chi connectivity index (χ1) is 9.41. The van der Waals surface area contributed by atoms with Crippen LogP contribution in [0.25, 0.3) is 0 Å². The van der Waals surface area contributed by atoms with Gasteiger partial charge < -0.3 is 9.67 Å². The number of pyridine rings is 1. The lowest BCUT2D eigenvalue weighted by molar-refractivity contribution is 0.0694. The van der Waals surface area contributed by atoms with Gasteiger partial charge in [-0.15, -0.1) is 0 Å². The van der Waals surface area contributed by atoms with E-state index in [-0.39, 0.29) is 11.1 Å². The third kappa shape index (κ3) is 2.50. The van der Waals surface area contributed by atoms with Crippen LogP contribution in [0.5, 0.6) is 0 Å². The highest BCUT2D eigenvalue weighted by Gasteiger charge is 2.16. The maximum atomic E-state index is 12.1. The molecule has 0 unspecified atom stereocenters. The zero-order valence-electron chi connectivity index (χ0n) is 11.8. The lowest BCUT2D eigenvalue weighted by atomic mass is 10.1. The molecule has 2 rings (SSSR count). The lowest BCUT2D eigenvalue weighted by Crippen LogP contribution is -2.26. The maximum absolute atomic E-state index is 12.1. The van der Waals surface area contributed by atoms with Crippen LogP contribution in [0.3, 0.4) is 0 Å². The number of aryl methyl sites for hydroxylation is 2. The van der Waals surface area contributed by atoms with Gasteiger partial charge in [0.2, 0.25) is 0 Å². The van der Waals surface area contributed by atoms with Crippen LogP contribution in [0.2, 0.25) is 0 Å². The van der Waals surface area contributed by atoms with Crippen molar-refractivity contribution in [2.45, 2.75) is 27.3 Å². The molecule has 0 saturated carbocycles. The van der Waals surface area contributed by atoms with Gasteiger partial charge in [-0.1, -0.05) is 24.3 Å². The molecular weight excluding hydrogens is 254 g/mol. The Morgan fingerprint density at radius 2 is 1.80 bits per heavy atom. The van der Waals surface area contributed by atoms with Crippen molar-refractivity contribution in [1.29, 1.82) is 0 Å². The maximum Gasteiger partial charge on any atom is 0.337 e. The normalized spacial score (nSPS) is 10.6. The highest BCUT2D eigenvalue weighted by molar-refractivity contribution is 5.90. The molecule has 0 atom stereocenters. The summed E-state index contributed by atoms with van der Waals surface area (Å²) in [5.74, 6) is -1.00. The largest absolute Gasteiger partial charge is 0.478 e. The molecule has 2 aromatic rings. The van der Waals surface area contributed by atoms with Crippen LogP contribution in [0.15, 0.2) is 35.1 Å². The van der Waals surface area contributed by atoms with E-state index in [9.17, 15) is 14.7 Å². The summed E-state index contributed by atoms with van der Waals surface area (Å²) in [5, 5.41) is 9.27. The van der Waals surface area contributed by atoms with Crippen LogP contribution < -0.4 is 5.56 Å². The smallest absolute Gasteiger partial charge is 0.337 e. The van der Waals surface area contributed by atoms with E-state index in [4.69, 9.17) is 0 Å². The molecule has 0 saturated heterocycles. The third-order valence-electron chi connectivity index (χ3n) is 3.57. The molecule has 1 N–H and O–H groups in total. The number of carbonyl (C=O) groups is 1. The average Bonchev–Trinajstić information content (AvgIpc) is 2.35. The molecule has 1 aromatic heterocycles. The minimum Gasteiger partial charge on any atom is -0.478 e. The Labute approximate surface area is 117 Å². The van der Waals surface area contributed by atoms with E-state index in [1.54, 1.807) is 13.8 Å². The molecule has 20 heavy (non-hydrogen) atoms. The van der Waals surface area contributed by atoms with Gasteiger partial charge in [0, 0.05) is 11.8 Å². The molecule has 0 bridgehead atoms. The fourth-order valence-electron chi connectivity index (χ4n) is 2.40. The predicted octanol–water partition coefficient (Wildman–Crippen LogP) is 2.52. The fraction of sp³-hybridized carbons (Fsp3) is 0.250. The quantitative estimate of drug-likeness (QED) is 0.933. The van der Waals surface area contributed by atoms with Gasteiger partial charge in [0.25, 0.3) is 5.56 Å². The molecule has 0 fully saturated rings. The molecule has 0 aliphatic carbocycles. The molecule has 1 aromatic carbocycles. The van der Waals surface area contributed by atoms with Crippen LogP contribution in [-0.2, 0) is 6.54 Å². The first-order valence-electron chi connectivity index (χ1n) is 6.40. The fourth-order valence-corrected chi connectivity index (χ4v) is 2.40. The second-order valence-electron chi connectivity index (χ2n) is 4.94. The van der Waals surface area contributed by atoms with E-state index in [1.807, 2.05) is 31.2 Å². The molecule has 0 amide bonds. The van der Waals surface area contributed by atoms with Gasteiger partial charge in [-0.3, -0.25) is 4.79 Å². The Balaban J connectivity index is 2.58. The minimum absolute atomic E-state index is 0.173. The summed E-state index contributed by atoms with van der Waals surface area (Å²) >= 11 is 0. The van der Waals surface area contributed by atoms with Gasteiger partial charge in [0.15, 0.2) is 0 Å². The molecule has 104 valence electrons. The lowest BCUT2D eigenvalue weighted by Gasteiger charge is -2.15. The van der Waals surface area contributed by atoms with Crippen molar-refractivity contribution in [2.24, 2.45) is 0 Å². The van der Waals surface area contributed by atoms with Gasteiger partial charge in [0.05, 0.1) is 12.1 Å². The molecule has 4 heteroatoms. The molecule has 1 heterocycles. The van der Waals surface area contributed by atoms with Crippen molar-refractivity contribution in [3.8, 4) is 0 Å². The summed E-state index contributed by atoms with van der Waals surface area (Å²) in [6.07, 6.45) is 0. The van der Waals surface area contributed by atoms with Crippen LogP contribution in [-0.4, -0.2) is 15.6 Å². The number of hydrogen-bond acceptors (Lipinski definition) is 2. The van der Waals surface area contributed by atoms with E-state index < -0.39 is 5.97 Å². The average molecular weight is 271 g/mol. The third-order valence-corrected chi connectivity index (χ3v) is 3.57. The summed E-state index contributed by atoms with van der Waals surface area (Å²) in [6.45, 7) is 5.69. The van der Waals surface area contributed by atoms with Gasteiger partial charge in [-0.2, -0.15) is 0 Å². The van der Waals surface area contributed by atoms with E-state index in [0.29, 0.717) is 17.8 Å². The zero-order chi connectivity index (χ0) is 14.9. The van der Waals surface area contributed by atoms with E-state index >= 15 is 0 Å². The molecule has 0 aliphatic heterocycles. The Hall–Kier alpha value is -2.36.